The lowest BCUT2D eigenvalue weighted by Crippen LogP contribution is -2.11. The van der Waals surface area contributed by atoms with E-state index in [9.17, 15) is 4.79 Å². The van der Waals surface area contributed by atoms with Crippen molar-refractivity contribution in [1.82, 2.24) is 20.0 Å². The summed E-state index contributed by atoms with van der Waals surface area (Å²) < 4.78 is 6.54. The molecule has 0 aromatic carbocycles. The highest BCUT2D eigenvalue weighted by Gasteiger charge is 2.09. The zero-order chi connectivity index (χ0) is 13.2. The number of hydrogen-bond acceptors (Lipinski definition) is 6. The maximum Gasteiger partial charge on any atom is 0.270 e. The highest BCUT2D eigenvalue weighted by atomic mass is 32.1. The van der Waals surface area contributed by atoms with Gasteiger partial charge in [0.1, 0.15) is 11.3 Å². The van der Waals surface area contributed by atoms with E-state index in [1.54, 1.807) is 12.5 Å². The Bertz CT molecular complexity index is 700. The van der Waals surface area contributed by atoms with Crippen LogP contribution < -0.4 is 5.73 Å². The molecule has 0 aliphatic heterocycles. The van der Waals surface area contributed by atoms with Gasteiger partial charge in [-0.1, -0.05) is 5.21 Å². The summed E-state index contributed by atoms with van der Waals surface area (Å²) in [4.78, 5) is 15.4. The van der Waals surface area contributed by atoms with Crippen LogP contribution in [0.25, 0.3) is 10.6 Å². The molecule has 0 radical (unpaired) electrons. The molecule has 3 rings (SSSR count). The Morgan fingerprint density at radius 3 is 3.11 bits per heavy atom. The molecule has 1 amide bonds. The van der Waals surface area contributed by atoms with Crippen molar-refractivity contribution in [3.63, 3.8) is 0 Å². The van der Waals surface area contributed by atoms with Gasteiger partial charge in [-0.15, -0.1) is 16.4 Å². The first kappa shape index (κ1) is 11.6. The van der Waals surface area contributed by atoms with Gasteiger partial charge in [-0.25, -0.2) is 9.67 Å². The van der Waals surface area contributed by atoms with E-state index >= 15 is 0 Å². The fourth-order valence-corrected chi connectivity index (χ4v) is 2.35. The molecule has 0 aliphatic carbocycles. The lowest BCUT2D eigenvalue weighted by atomic mass is 10.3. The van der Waals surface area contributed by atoms with Crippen molar-refractivity contribution in [1.29, 1.82) is 0 Å². The number of thiazole rings is 1. The van der Waals surface area contributed by atoms with E-state index in [-0.39, 0.29) is 5.69 Å². The molecule has 0 atom stereocenters. The van der Waals surface area contributed by atoms with E-state index in [0.29, 0.717) is 6.54 Å². The third kappa shape index (κ3) is 2.38. The fourth-order valence-electron chi connectivity index (χ4n) is 1.55. The zero-order valence-electron chi connectivity index (χ0n) is 9.68. The Balaban J connectivity index is 1.78. The van der Waals surface area contributed by atoms with Crippen molar-refractivity contribution >= 4 is 17.2 Å². The predicted octanol–water partition coefficient (Wildman–Crippen LogP) is 1.14. The summed E-state index contributed by atoms with van der Waals surface area (Å²) in [7, 11) is 0. The van der Waals surface area contributed by atoms with Crippen molar-refractivity contribution < 1.29 is 9.21 Å². The second-order valence-corrected chi connectivity index (χ2v) is 4.68. The van der Waals surface area contributed by atoms with Crippen LogP contribution in [-0.2, 0) is 6.54 Å². The normalized spacial score (nSPS) is 10.7. The minimum absolute atomic E-state index is 0.144. The monoisotopic (exact) mass is 275 g/mol. The predicted molar refractivity (Wildman–Crippen MR) is 67.5 cm³/mol. The summed E-state index contributed by atoms with van der Waals surface area (Å²) in [5, 5.41) is 10.3. The first-order chi connectivity index (χ1) is 9.22. The molecule has 3 aromatic rings. The number of aromatic nitrogens is 4. The number of primary amides is 1. The van der Waals surface area contributed by atoms with Gasteiger partial charge in [-0.2, -0.15) is 0 Å². The molecular weight excluding hydrogens is 266 g/mol. The first-order valence-electron chi connectivity index (χ1n) is 5.39. The second kappa shape index (κ2) is 4.65. The number of rotatable bonds is 4. The number of carbonyl (C=O) groups excluding carboxylic acids is 1. The van der Waals surface area contributed by atoms with Crippen LogP contribution in [0.15, 0.2) is 34.6 Å². The van der Waals surface area contributed by atoms with Gasteiger partial charge in [-0.3, -0.25) is 4.79 Å². The Morgan fingerprint density at radius 2 is 2.42 bits per heavy atom. The van der Waals surface area contributed by atoms with Gasteiger partial charge in [-0.05, 0) is 6.07 Å². The van der Waals surface area contributed by atoms with Crippen molar-refractivity contribution in [3.8, 4) is 10.6 Å². The number of carbonyl (C=O) groups is 1. The molecule has 0 spiro atoms. The van der Waals surface area contributed by atoms with Crippen LogP contribution in [0.2, 0.25) is 0 Å². The molecule has 0 saturated carbocycles. The van der Waals surface area contributed by atoms with E-state index in [1.165, 1.54) is 22.2 Å². The fraction of sp³-hybridized carbons (Fsp3) is 0.0909. The molecule has 0 saturated heterocycles. The van der Waals surface area contributed by atoms with Gasteiger partial charge in [0.2, 0.25) is 0 Å². The lowest BCUT2D eigenvalue weighted by molar-refractivity contribution is 0.0995. The zero-order valence-corrected chi connectivity index (χ0v) is 10.5. The summed E-state index contributed by atoms with van der Waals surface area (Å²) in [5.41, 5.74) is 7.03. The maximum atomic E-state index is 10.9. The molecule has 3 aromatic heterocycles. The third-order valence-electron chi connectivity index (χ3n) is 2.43. The van der Waals surface area contributed by atoms with Crippen LogP contribution in [0.5, 0.6) is 0 Å². The highest BCUT2D eigenvalue weighted by Crippen LogP contribution is 2.24. The quantitative estimate of drug-likeness (QED) is 0.769. The first-order valence-corrected chi connectivity index (χ1v) is 6.27. The van der Waals surface area contributed by atoms with Crippen molar-refractivity contribution in [2.24, 2.45) is 5.73 Å². The summed E-state index contributed by atoms with van der Waals surface area (Å²) in [6.45, 7) is 0.439. The van der Waals surface area contributed by atoms with Gasteiger partial charge in [0.05, 0.1) is 24.7 Å². The molecule has 0 bridgehead atoms. The van der Waals surface area contributed by atoms with Crippen LogP contribution in [0.3, 0.4) is 0 Å². The molecule has 96 valence electrons. The van der Waals surface area contributed by atoms with E-state index in [0.717, 1.165) is 16.3 Å². The Kier molecular flexibility index (Phi) is 2.84. The Morgan fingerprint density at radius 1 is 1.53 bits per heavy atom. The van der Waals surface area contributed by atoms with E-state index < -0.39 is 5.91 Å². The van der Waals surface area contributed by atoms with E-state index in [4.69, 9.17) is 10.2 Å². The second-order valence-electron chi connectivity index (χ2n) is 3.82. The van der Waals surface area contributed by atoms with Crippen LogP contribution in [-0.4, -0.2) is 25.9 Å². The summed E-state index contributed by atoms with van der Waals surface area (Å²) >= 11 is 1.52. The molecule has 3 heterocycles. The average molecular weight is 275 g/mol. The Labute approximate surface area is 111 Å². The van der Waals surface area contributed by atoms with Gasteiger partial charge in [0.15, 0.2) is 5.69 Å². The summed E-state index contributed by atoms with van der Waals surface area (Å²) in [6, 6.07) is 1.85. The summed E-state index contributed by atoms with van der Waals surface area (Å²) in [5.74, 6) is -0.594. The number of furan rings is 1. The molecule has 0 aliphatic rings. The van der Waals surface area contributed by atoms with Gasteiger partial charge in [0.25, 0.3) is 5.91 Å². The van der Waals surface area contributed by atoms with Crippen LogP contribution >= 0.6 is 11.3 Å². The van der Waals surface area contributed by atoms with Crippen LogP contribution in [0, 0.1) is 0 Å². The largest absolute Gasteiger partial charge is 0.472 e. The van der Waals surface area contributed by atoms with Gasteiger partial charge >= 0.3 is 0 Å². The number of amides is 1. The minimum Gasteiger partial charge on any atom is -0.472 e. The van der Waals surface area contributed by atoms with E-state index in [2.05, 4.69) is 15.3 Å². The van der Waals surface area contributed by atoms with Crippen LogP contribution in [0.4, 0.5) is 0 Å². The molecule has 0 fully saturated rings. The minimum atomic E-state index is -0.594. The van der Waals surface area contributed by atoms with Gasteiger partial charge < -0.3 is 10.2 Å². The van der Waals surface area contributed by atoms with Gasteiger partial charge in [0, 0.05) is 10.9 Å². The third-order valence-corrected chi connectivity index (χ3v) is 3.38. The topological polar surface area (TPSA) is 99.8 Å². The standard InChI is InChI=1S/C11H9N5O2S/c12-10(17)9-4-16(15-14-9)3-8-6-19-11(13-8)7-1-2-18-5-7/h1-2,4-6H,3H2,(H2,12,17). The number of nitrogens with two attached hydrogens (primary N) is 1. The molecular formula is C11H9N5O2S. The van der Waals surface area contributed by atoms with Crippen molar-refractivity contribution in [3.05, 3.63) is 41.6 Å². The number of hydrogen-bond donors (Lipinski definition) is 1. The molecule has 19 heavy (non-hydrogen) atoms. The average Bonchev–Trinajstić information content (AvgIpc) is 3.09. The number of nitrogens with zero attached hydrogens (tertiary/aromatic N) is 4. The molecule has 0 unspecified atom stereocenters. The van der Waals surface area contributed by atoms with Crippen molar-refractivity contribution in [2.45, 2.75) is 6.54 Å². The Hall–Kier alpha value is -2.48. The SMILES string of the molecule is NC(=O)c1cn(Cc2csc(-c3ccoc3)n2)nn1. The smallest absolute Gasteiger partial charge is 0.270 e. The maximum absolute atomic E-state index is 10.9. The molecule has 2 N–H and O–H groups in total. The van der Waals surface area contributed by atoms with Crippen LogP contribution in [0.1, 0.15) is 16.2 Å². The summed E-state index contributed by atoms with van der Waals surface area (Å²) in [6.07, 6.45) is 4.75. The van der Waals surface area contributed by atoms with E-state index in [1.807, 2.05) is 11.4 Å². The van der Waals surface area contributed by atoms with Crippen molar-refractivity contribution in [2.75, 3.05) is 0 Å². The molecule has 7 nitrogen and oxygen atoms in total. The molecule has 8 heteroatoms. The highest BCUT2D eigenvalue weighted by molar-refractivity contribution is 7.13. The lowest BCUT2D eigenvalue weighted by Gasteiger charge is -1.94.